The number of benzene rings is 2. The summed E-state index contributed by atoms with van der Waals surface area (Å²) in [4.78, 5) is 40.7. The number of nitrogens with zero attached hydrogens (tertiary/aromatic N) is 3. The molecule has 1 heterocycles. The normalized spacial score (nSPS) is 14.8. The second kappa shape index (κ2) is 12.3. The molecule has 1 fully saturated rings. The summed E-state index contributed by atoms with van der Waals surface area (Å²) in [5, 5.41) is 13.9. The molecule has 0 saturated carbocycles. The van der Waals surface area contributed by atoms with E-state index in [-0.39, 0.29) is 17.2 Å². The van der Waals surface area contributed by atoms with Crippen LogP contribution in [-0.4, -0.2) is 73.0 Å². The number of nitro groups is 1. The first-order chi connectivity index (χ1) is 16.4. The van der Waals surface area contributed by atoms with E-state index in [9.17, 15) is 19.7 Å². The summed E-state index contributed by atoms with van der Waals surface area (Å²) in [6.45, 7) is 2.67. The lowest BCUT2D eigenvalue weighted by Gasteiger charge is -2.27. The van der Waals surface area contributed by atoms with Crippen molar-refractivity contribution in [2.75, 3.05) is 50.2 Å². The zero-order valence-electron chi connectivity index (χ0n) is 19.4. The number of ether oxygens (including phenoxy) is 1. The van der Waals surface area contributed by atoms with E-state index in [0.717, 1.165) is 24.4 Å². The summed E-state index contributed by atoms with van der Waals surface area (Å²) >= 11 is 1.60. The molecule has 1 unspecified atom stereocenters. The minimum atomic E-state index is -0.688. The summed E-state index contributed by atoms with van der Waals surface area (Å²) in [7, 11) is 1.63. The average molecular weight is 487 g/mol. The number of anilines is 1. The number of methoxy groups -OCH3 is 1. The SMILES string of the molecule is COc1ccc(N2CCCN(C(=O)C(CCSC)NC(=O)c3cccc([N+](=O)[O-])c3)CC2)cc1. The van der Waals surface area contributed by atoms with Crippen molar-refractivity contribution in [3.63, 3.8) is 0 Å². The van der Waals surface area contributed by atoms with Crippen molar-refractivity contribution in [3.05, 3.63) is 64.2 Å². The summed E-state index contributed by atoms with van der Waals surface area (Å²) < 4.78 is 5.23. The molecule has 2 aromatic rings. The number of carbonyl (C=O) groups is 2. The van der Waals surface area contributed by atoms with Gasteiger partial charge in [0.15, 0.2) is 0 Å². The molecule has 1 aliphatic rings. The predicted octanol–water partition coefficient (Wildman–Crippen LogP) is 3.19. The molecule has 0 aromatic heterocycles. The molecule has 0 bridgehead atoms. The topological polar surface area (TPSA) is 105 Å². The van der Waals surface area contributed by atoms with Crippen molar-refractivity contribution in [2.45, 2.75) is 18.9 Å². The van der Waals surface area contributed by atoms with Gasteiger partial charge in [-0.1, -0.05) is 6.07 Å². The molecule has 9 nitrogen and oxygen atoms in total. The molecule has 0 spiro atoms. The first-order valence-corrected chi connectivity index (χ1v) is 12.5. The van der Waals surface area contributed by atoms with Gasteiger partial charge < -0.3 is 19.9 Å². The van der Waals surface area contributed by atoms with E-state index in [1.54, 1.807) is 18.9 Å². The molecule has 182 valence electrons. The zero-order chi connectivity index (χ0) is 24.5. The average Bonchev–Trinajstić information content (AvgIpc) is 3.12. The highest BCUT2D eigenvalue weighted by atomic mass is 32.2. The molecule has 1 aliphatic heterocycles. The maximum Gasteiger partial charge on any atom is 0.270 e. The van der Waals surface area contributed by atoms with Crippen LogP contribution in [0, 0.1) is 10.1 Å². The van der Waals surface area contributed by atoms with Crippen LogP contribution < -0.4 is 15.0 Å². The minimum Gasteiger partial charge on any atom is -0.497 e. The molecule has 2 amide bonds. The number of rotatable bonds is 9. The van der Waals surface area contributed by atoms with Gasteiger partial charge in [0.25, 0.3) is 11.6 Å². The number of amides is 2. The quantitative estimate of drug-likeness (QED) is 0.429. The molecule has 1 N–H and O–H groups in total. The van der Waals surface area contributed by atoms with E-state index in [0.29, 0.717) is 31.8 Å². The van der Waals surface area contributed by atoms with Crippen LogP contribution in [0.4, 0.5) is 11.4 Å². The maximum atomic E-state index is 13.4. The Morgan fingerprint density at radius 2 is 1.91 bits per heavy atom. The summed E-state index contributed by atoms with van der Waals surface area (Å²) in [5.74, 6) is 0.894. The van der Waals surface area contributed by atoms with Gasteiger partial charge in [0.1, 0.15) is 11.8 Å². The monoisotopic (exact) mass is 486 g/mol. The number of nitrogens with one attached hydrogen (secondary N) is 1. The van der Waals surface area contributed by atoms with Crippen molar-refractivity contribution in [2.24, 2.45) is 0 Å². The highest BCUT2D eigenvalue weighted by Gasteiger charge is 2.28. The number of hydrogen-bond donors (Lipinski definition) is 1. The Balaban J connectivity index is 1.67. The number of non-ortho nitro benzene ring substituents is 1. The van der Waals surface area contributed by atoms with Crippen molar-refractivity contribution >= 4 is 35.0 Å². The van der Waals surface area contributed by atoms with Gasteiger partial charge in [0.2, 0.25) is 5.91 Å². The van der Waals surface area contributed by atoms with E-state index in [1.165, 1.54) is 24.3 Å². The molecule has 0 radical (unpaired) electrons. The van der Waals surface area contributed by atoms with Crippen LogP contribution in [-0.2, 0) is 4.79 Å². The smallest absolute Gasteiger partial charge is 0.270 e. The van der Waals surface area contributed by atoms with E-state index >= 15 is 0 Å². The van der Waals surface area contributed by atoms with Gasteiger partial charge in [-0.2, -0.15) is 11.8 Å². The summed E-state index contributed by atoms with van der Waals surface area (Å²) in [6, 6.07) is 12.7. The van der Waals surface area contributed by atoms with Gasteiger partial charge in [-0.25, -0.2) is 0 Å². The van der Waals surface area contributed by atoms with Crippen molar-refractivity contribution in [3.8, 4) is 5.75 Å². The molecule has 2 aromatic carbocycles. The van der Waals surface area contributed by atoms with Crippen LogP contribution in [0.2, 0.25) is 0 Å². The molecule has 10 heteroatoms. The lowest BCUT2D eigenvalue weighted by Crippen LogP contribution is -2.49. The van der Waals surface area contributed by atoms with Crippen LogP contribution in [0.15, 0.2) is 48.5 Å². The third kappa shape index (κ3) is 6.63. The highest BCUT2D eigenvalue weighted by Crippen LogP contribution is 2.21. The molecule has 3 rings (SSSR count). The second-order valence-electron chi connectivity index (χ2n) is 7.98. The van der Waals surface area contributed by atoms with Gasteiger partial charge >= 0.3 is 0 Å². The van der Waals surface area contributed by atoms with Gasteiger partial charge in [-0.3, -0.25) is 19.7 Å². The molecule has 0 aliphatic carbocycles. The third-order valence-corrected chi connectivity index (χ3v) is 6.42. The van der Waals surface area contributed by atoms with Gasteiger partial charge in [0, 0.05) is 49.6 Å². The number of thioether (sulfide) groups is 1. The second-order valence-corrected chi connectivity index (χ2v) is 8.96. The first-order valence-electron chi connectivity index (χ1n) is 11.1. The summed E-state index contributed by atoms with van der Waals surface area (Å²) in [5.41, 5.74) is 1.08. The van der Waals surface area contributed by atoms with Crippen molar-refractivity contribution in [1.29, 1.82) is 0 Å². The fraction of sp³-hybridized carbons (Fsp3) is 0.417. The van der Waals surface area contributed by atoms with E-state index in [1.807, 2.05) is 35.4 Å². The molecule has 1 saturated heterocycles. The number of nitro benzene ring substituents is 1. The Morgan fingerprint density at radius 3 is 2.59 bits per heavy atom. The molecular weight excluding hydrogens is 456 g/mol. The van der Waals surface area contributed by atoms with E-state index in [2.05, 4.69) is 10.2 Å². The Hall–Kier alpha value is -3.27. The van der Waals surface area contributed by atoms with Gasteiger partial charge in [-0.15, -0.1) is 0 Å². The molecule has 1 atom stereocenters. The van der Waals surface area contributed by atoms with E-state index in [4.69, 9.17) is 4.74 Å². The Bertz CT molecular complexity index is 1000. The first kappa shape index (κ1) is 25.4. The zero-order valence-corrected chi connectivity index (χ0v) is 20.3. The van der Waals surface area contributed by atoms with Gasteiger partial charge in [0.05, 0.1) is 12.0 Å². The fourth-order valence-electron chi connectivity index (χ4n) is 3.90. The molecular formula is C24H30N4O5S. The van der Waals surface area contributed by atoms with Crippen LogP contribution in [0.25, 0.3) is 0 Å². The number of hydrogen-bond acceptors (Lipinski definition) is 7. The van der Waals surface area contributed by atoms with E-state index < -0.39 is 16.9 Å². The third-order valence-electron chi connectivity index (χ3n) is 5.78. The Labute approximate surface area is 203 Å². The van der Waals surface area contributed by atoms with Crippen molar-refractivity contribution in [1.82, 2.24) is 10.2 Å². The maximum absolute atomic E-state index is 13.4. The summed E-state index contributed by atoms with van der Waals surface area (Å²) in [6.07, 6.45) is 3.24. The lowest BCUT2D eigenvalue weighted by atomic mass is 10.1. The fourth-order valence-corrected chi connectivity index (χ4v) is 4.38. The minimum absolute atomic E-state index is 0.121. The standard InChI is InChI=1S/C24H30N4O5S/c1-33-21-9-7-19(8-10-21)26-12-4-13-27(15-14-26)24(30)22(11-16-34-2)25-23(29)18-5-3-6-20(17-18)28(31)32/h3,5-10,17,22H,4,11-16H2,1-2H3,(H,25,29). The largest absolute Gasteiger partial charge is 0.497 e. The van der Waals surface area contributed by atoms with Crippen LogP contribution in [0.3, 0.4) is 0 Å². The number of carbonyl (C=O) groups excluding carboxylic acids is 2. The van der Waals surface area contributed by atoms with Crippen LogP contribution in [0.5, 0.6) is 5.75 Å². The lowest BCUT2D eigenvalue weighted by molar-refractivity contribution is -0.384. The Kier molecular flexibility index (Phi) is 9.15. The Morgan fingerprint density at radius 1 is 1.15 bits per heavy atom. The highest BCUT2D eigenvalue weighted by molar-refractivity contribution is 7.98. The van der Waals surface area contributed by atoms with Crippen LogP contribution >= 0.6 is 11.8 Å². The molecule has 34 heavy (non-hydrogen) atoms. The van der Waals surface area contributed by atoms with Gasteiger partial charge in [-0.05, 0) is 55.2 Å². The predicted molar refractivity (Wildman–Crippen MR) is 134 cm³/mol. The van der Waals surface area contributed by atoms with Crippen LogP contribution in [0.1, 0.15) is 23.2 Å². The van der Waals surface area contributed by atoms with Crippen molar-refractivity contribution < 1.29 is 19.2 Å².